The van der Waals surface area contributed by atoms with Crippen LogP contribution in [0, 0.1) is 17.0 Å². The third-order valence-corrected chi connectivity index (χ3v) is 5.35. The molecule has 0 saturated carbocycles. The summed E-state index contributed by atoms with van der Waals surface area (Å²) in [5, 5.41) is 21.7. The number of rotatable bonds is 5. The van der Waals surface area contributed by atoms with Gasteiger partial charge in [0, 0.05) is 17.7 Å². The molecule has 9 heteroatoms. The number of carbonyl (C=O) groups excluding carboxylic acids is 2. The monoisotopic (exact) mass is 438 g/mol. The molecule has 2 aromatic carbocycles. The molecule has 0 radical (unpaired) electrons. The largest absolute Gasteiger partial charge is 0.506 e. The van der Waals surface area contributed by atoms with Gasteiger partial charge in [-0.2, -0.15) is 0 Å². The Bertz CT molecular complexity index is 1170. The van der Waals surface area contributed by atoms with Crippen LogP contribution in [-0.2, 0) is 9.53 Å². The van der Waals surface area contributed by atoms with Crippen molar-refractivity contribution in [1.29, 1.82) is 0 Å². The van der Waals surface area contributed by atoms with Crippen molar-refractivity contribution in [2.45, 2.75) is 13.8 Å². The second-order valence-electron chi connectivity index (χ2n) is 6.44. The number of non-ortho nitro benzene ring substituents is 1. The first-order valence-electron chi connectivity index (χ1n) is 9.25. The van der Waals surface area contributed by atoms with Crippen LogP contribution in [0.15, 0.2) is 69.8 Å². The highest BCUT2D eigenvalue weighted by atomic mass is 32.2. The lowest BCUT2D eigenvalue weighted by Crippen LogP contribution is -2.14. The number of aliphatic hydroxyl groups excluding tert-OH is 1. The molecule has 0 unspecified atom stereocenters. The van der Waals surface area contributed by atoms with E-state index in [0.29, 0.717) is 11.1 Å². The van der Waals surface area contributed by atoms with E-state index in [9.17, 15) is 24.8 Å². The Balaban J connectivity index is 2.04. The molecule has 3 rings (SSSR count). The molecule has 0 saturated heterocycles. The van der Waals surface area contributed by atoms with Gasteiger partial charge in [0.25, 0.3) is 11.6 Å². The normalized spacial score (nSPS) is 16.1. The van der Waals surface area contributed by atoms with Crippen molar-refractivity contribution < 1.29 is 24.4 Å². The predicted molar refractivity (Wildman–Crippen MR) is 118 cm³/mol. The van der Waals surface area contributed by atoms with Crippen LogP contribution < -0.4 is 0 Å². The fourth-order valence-electron chi connectivity index (χ4n) is 2.84. The van der Waals surface area contributed by atoms with Gasteiger partial charge in [-0.05, 0) is 37.1 Å². The number of aryl methyl sites for hydroxylation is 1. The standard InChI is InChI=1S/C22H18N2O6S/c1-3-30-22(27)18-19(25)17(12-14-8-6-9-15(11-14)24(28)29)31-21(18)23-20(26)16-10-5-4-7-13(16)2/h4-12,25H,3H2,1-2H3/b17-12-,23-21?. The van der Waals surface area contributed by atoms with Gasteiger partial charge in [-0.25, -0.2) is 9.79 Å². The number of hydrogen-bond donors (Lipinski definition) is 1. The van der Waals surface area contributed by atoms with Crippen LogP contribution in [0.3, 0.4) is 0 Å². The maximum Gasteiger partial charge on any atom is 0.344 e. The van der Waals surface area contributed by atoms with E-state index < -0.39 is 22.6 Å². The van der Waals surface area contributed by atoms with Gasteiger partial charge in [0.05, 0.1) is 16.4 Å². The Hall–Kier alpha value is -3.72. The number of thioether (sulfide) groups is 1. The minimum atomic E-state index is -0.814. The summed E-state index contributed by atoms with van der Waals surface area (Å²) in [6.45, 7) is 3.46. The molecule has 2 aromatic rings. The molecule has 1 amide bonds. The van der Waals surface area contributed by atoms with Crippen LogP contribution in [-0.4, -0.2) is 33.6 Å². The number of nitro groups is 1. The van der Waals surface area contributed by atoms with Gasteiger partial charge >= 0.3 is 5.97 Å². The van der Waals surface area contributed by atoms with E-state index in [1.54, 1.807) is 44.2 Å². The average Bonchev–Trinajstić information content (AvgIpc) is 3.03. The van der Waals surface area contributed by atoms with Crippen LogP contribution in [0.25, 0.3) is 6.08 Å². The zero-order valence-corrected chi connectivity index (χ0v) is 17.5. The van der Waals surface area contributed by atoms with Gasteiger partial charge < -0.3 is 9.84 Å². The van der Waals surface area contributed by atoms with E-state index >= 15 is 0 Å². The SMILES string of the molecule is CCOC(=O)C1=C(O)/C(=C/c2cccc([N+](=O)[O-])c2)SC1=NC(=O)c1ccccc1C. The van der Waals surface area contributed by atoms with Gasteiger partial charge in [-0.15, -0.1) is 0 Å². The maximum absolute atomic E-state index is 12.7. The summed E-state index contributed by atoms with van der Waals surface area (Å²) in [5.41, 5.74) is 1.20. The maximum atomic E-state index is 12.7. The summed E-state index contributed by atoms with van der Waals surface area (Å²) in [7, 11) is 0. The van der Waals surface area contributed by atoms with Crippen LogP contribution in [0.5, 0.6) is 0 Å². The van der Waals surface area contributed by atoms with Crippen molar-refractivity contribution in [1.82, 2.24) is 0 Å². The molecule has 0 aliphatic carbocycles. The molecule has 0 atom stereocenters. The van der Waals surface area contributed by atoms with Crippen molar-refractivity contribution in [3.05, 3.63) is 91.6 Å². The van der Waals surface area contributed by atoms with Crippen molar-refractivity contribution >= 4 is 40.4 Å². The number of esters is 1. The van der Waals surface area contributed by atoms with Crippen LogP contribution >= 0.6 is 11.8 Å². The smallest absolute Gasteiger partial charge is 0.344 e. The molecule has 1 N–H and O–H groups in total. The highest BCUT2D eigenvalue weighted by Crippen LogP contribution is 2.39. The Kier molecular flexibility index (Phi) is 6.66. The molecular formula is C22H18N2O6S. The highest BCUT2D eigenvalue weighted by molar-refractivity contribution is 8.18. The Morgan fingerprint density at radius 3 is 2.65 bits per heavy atom. The van der Waals surface area contributed by atoms with E-state index in [1.165, 1.54) is 24.3 Å². The molecular weight excluding hydrogens is 420 g/mol. The van der Waals surface area contributed by atoms with E-state index in [1.807, 2.05) is 0 Å². The van der Waals surface area contributed by atoms with Crippen molar-refractivity contribution in [3.63, 3.8) is 0 Å². The molecule has 31 heavy (non-hydrogen) atoms. The zero-order valence-electron chi connectivity index (χ0n) is 16.7. The molecule has 0 spiro atoms. The van der Waals surface area contributed by atoms with Crippen LogP contribution in [0.2, 0.25) is 0 Å². The predicted octanol–water partition coefficient (Wildman–Crippen LogP) is 4.61. The van der Waals surface area contributed by atoms with E-state index in [2.05, 4.69) is 4.99 Å². The Morgan fingerprint density at radius 2 is 1.97 bits per heavy atom. The number of aliphatic hydroxyl groups is 1. The minimum Gasteiger partial charge on any atom is -0.506 e. The summed E-state index contributed by atoms with van der Waals surface area (Å²) in [5.74, 6) is -1.77. The highest BCUT2D eigenvalue weighted by Gasteiger charge is 2.34. The summed E-state index contributed by atoms with van der Waals surface area (Å²) >= 11 is 0.915. The van der Waals surface area contributed by atoms with Gasteiger partial charge in [-0.3, -0.25) is 14.9 Å². The topological polar surface area (TPSA) is 119 Å². The first-order valence-corrected chi connectivity index (χ1v) is 10.1. The lowest BCUT2D eigenvalue weighted by Gasteiger charge is -2.04. The lowest BCUT2D eigenvalue weighted by molar-refractivity contribution is -0.384. The molecule has 1 aliphatic rings. The number of carbonyl (C=O) groups is 2. The second kappa shape index (κ2) is 9.40. The van der Waals surface area contributed by atoms with Gasteiger partial charge in [0.1, 0.15) is 16.4 Å². The molecule has 0 bridgehead atoms. The molecule has 1 heterocycles. The van der Waals surface area contributed by atoms with Crippen molar-refractivity contribution in [2.75, 3.05) is 6.61 Å². The van der Waals surface area contributed by atoms with Gasteiger partial charge in [0.2, 0.25) is 0 Å². The third kappa shape index (κ3) is 4.89. The third-order valence-electron chi connectivity index (χ3n) is 4.33. The number of amides is 1. The summed E-state index contributed by atoms with van der Waals surface area (Å²) in [6, 6.07) is 12.7. The van der Waals surface area contributed by atoms with E-state index in [0.717, 1.165) is 17.3 Å². The summed E-state index contributed by atoms with van der Waals surface area (Å²) in [4.78, 5) is 39.9. The van der Waals surface area contributed by atoms with E-state index in [4.69, 9.17) is 4.74 Å². The number of aliphatic imine (C=N–C) groups is 1. The number of ether oxygens (including phenoxy) is 1. The Morgan fingerprint density at radius 1 is 1.23 bits per heavy atom. The molecule has 0 aromatic heterocycles. The van der Waals surface area contributed by atoms with Crippen LogP contribution in [0.1, 0.15) is 28.4 Å². The van der Waals surface area contributed by atoms with Gasteiger partial charge in [-0.1, -0.05) is 42.1 Å². The van der Waals surface area contributed by atoms with Crippen molar-refractivity contribution in [3.8, 4) is 0 Å². The Labute approximate surface area is 182 Å². The fourth-order valence-corrected chi connectivity index (χ4v) is 3.85. The quantitative estimate of drug-likeness (QED) is 0.411. The molecule has 1 aliphatic heterocycles. The van der Waals surface area contributed by atoms with E-state index in [-0.39, 0.29) is 27.8 Å². The number of benzene rings is 2. The molecule has 0 fully saturated rings. The van der Waals surface area contributed by atoms with Crippen molar-refractivity contribution in [2.24, 2.45) is 4.99 Å². The molecule has 158 valence electrons. The fraction of sp³-hybridized carbons (Fsp3) is 0.136. The zero-order chi connectivity index (χ0) is 22.5. The number of nitro benzene ring substituents is 1. The summed E-state index contributed by atoms with van der Waals surface area (Å²) < 4.78 is 5.01. The van der Waals surface area contributed by atoms with Gasteiger partial charge in [0.15, 0.2) is 0 Å². The second-order valence-corrected chi connectivity index (χ2v) is 7.47. The van der Waals surface area contributed by atoms with Crippen LogP contribution in [0.4, 0.5) is 5.69 Å². The summed E-state index contributed by atoms with van der Waals surface area (Å²) in [6.07, 6.45) is 1.48. The average molecular weight is 438 g/mol. The number of nitrogens with zero attached hydrogens (tertiary/aromatic N) is 2. The lowest BCUT2D eigenvalue weighted by atomic mass is 10.1. The number of hydrogen-bond acceptors (Lipinski definition) is 7. The molecule has 8 nitrogen and oxygen atoms in total. The first kappa shape index (κ1) is 22.0. The first-order chi connectivity index (χ1) is 14.8. The minimum absolute atomic E-state index is 0.000818.